The molecule has 10 rings (SSSR count). The molecular formula is C61H46N4. The normalized spacial score (nSPS) is 12.3. The van der Waals surface area contributed by atoms with Crippen molar-refractivity contribution in [3.8, 4) is 67.8 Å². The van der Waals surface area contributed by atoms with Crippen molar-refractivity contribution in [3.05, 3.63) is 253 Å². The minimum atomic E-state index is -0.475. The van der Waals surface area contributed by atoms with Crippen LogP contribution in [-0.4, -0.2) is 19.9 Å². The van der Waals surface area contributed by atoms with Crippen molar-refractivity contribution in [1.82, 2.24) is 19.9 Å². The predicted molar refractivity (Wildman–Crippen MR) is 271 cm³/mol. The molecular weight excluding hydrogens is 789 g/mol. The van der Waals surface area contributed by atoms with Crippen LogP contribution >= 0.6 is 0 Å². The Bertz CT molecular complexity index is 3320. The first-order chi connectivity index (χ1) is 32.0. The lowest BCUT2D eigenvalue weighted by Crippen LogP contribution is -2.25. The summed E-state index contributed by atoms with van der Waals surface area (Å²) in [6.45, 7) is 8.37. The lowest BCUT2D eigenvalue weighted by atomic mass is 9.71. The maximum atomic E-state index is 5.15. The van der Waals surface area contributed by atoms with Gasteiger partial charge in [-0.3, -0.25) is 0 Å². The van der Waals surface area contributed by atoms with Crippen molar-refractivity contribution >= 4 is 22.9 Å². The number of hydrogen-bond acceptors (Lipinski definition) is 4. The van der Waals surface area contributed by atoms with E-state index in [0.29, 0.717) is 11.6 Å². The van der Waals surface area contributed by atoms with Crippen LogP contribution in [0, 0.1) is 0 Å². The summed E-state index contributed by atoms with van der Waals surface area (Å²) in [5, 5.41) is 2.38. The van der Waals surface area contributed by atoms with E-state index < -0.39 is 5.41 Å². The Morgan fingerprint density at radius 2 is 0.785 bits per heavy atom. The highest BCUT2D eigenvalue weighted by Gasteiger charge is 2.31. The number of aromatic nitrogens is 4. The van der Waals surface area contributed by atoms with Gasteiger partial charge in [0.15, 0.2) is 11.6 Å². The van der Waals surface area contributed by atoms with Gasteiger partial charge >= 0.3 is 0 Å². The summed E-state index contributed by atoms with van der Waals surface area (Å²) in [6, 6.07) is 74.5. The second-order valence-electron chi connectivity index (χ2n) is 16.4. The van der Waals surface area contributed by atoms with Crippen LogP contribution in [0.15, 0.2) is 225 Å². The smallest absolute Gasteiger partial charge is 0.160 e. The van der Waals surface area contributed by atoms with E-state index in [-0.39, 0.29) is 0 Å². The van der Waals surface area contributed by atoms with E-state index in [1.54, 1.807) is 0 Å². The first kappa shape index (κ1) is 40.7. The number of fused-ring (bicyclic) bond motifs is 1. The lowest BCUT2D eigenvalue weighted by Gasteiger charge is -2.32. The maximum Gasteiger partial charge on any atom is 0.160 e. The average molecular weight is 835 g/mol. The fourth-order valence-electron chi connectivity index (χ4n) is 8.73. The van der Waals surface area contributed by atoms with Crippen molar-refractivity contribution in [2.75, 3.05) is 0 Å². The Hall–Kier alpha value is -8.34. The molecule has 0 fully saturated rings. The van der Waals surface area contributed by atoms with Crippen LogP contribution in [0.2, 0.25) is 0 Å². The number of benzene rings is 8. The molecule has 2 aromatic heterocycles. The van der Waals surface area contributed by atoms with Gasteiger partial charge in [-0.2, -0.15) is 0 Å². The highest BCUT2D eigenvalue weighted by Crippen LogP contribution is 2.41. The molecule has 1 unspecified atom stereocenters. The second-order valence-corrected chi connectivity index (χ2v) is 16.4. The molecule has 1 atom stereocenters. The molecule has 2 heterocycles. The lowest BCUT2D eigenvalue weighted by molar-refractivity contribution is 0.693. The van der Waals surface area contributed by atoms with Gasteiger partial charge in [-0.05, 0) is 76.7 Å². The molecule has 0 spiro atoms. The van der Waals surface area contributed by atoms with Gasteiger partial charge in [0.25, 0.3) is 0 Å². The Morgan fingerprint density at radius 1 is 0.369 bits per heavy atom. The third-order valence-corrected chi connectivity index (χ3v) is 12.4. The van der Waals surface area contributed by atoms with Gasteiger partial charge in [0.2, 0.25) is 0 Å². The van der Waals surface area contributed by atoms with Crippen LogP contribution in [0.3, 0.4) is 0 Å². The van der Waals surface area contributed by atoms with E-state index in [1.165, 1.54) is 27.5 Å². The van der Waals surface area contributed by atoms with Crippen LogP contribution in [0.1, 0.15) is 41.7 Å². The van der Waals surface area contributed by atoms with Gasteiger partial charge in [0, 0.05) is 38.8 Å². The summed E-state index contributed by atoms with van der Waals surface area (Å²) in [4.78, 5) is 20.5. The molecule has 310 valence electrons. The largest absolute Gasteiger partial charge is 0.228 e. The number of allylic oxidation sites excluding steroid dienone is 1. The summed E-state index contributed by atoms with van der Waals surface area (Å²) in [6.07, 6.45) is 6.05. The summed E-state index contributed by atoms with van der Waals surface area (Å²) >= 11 is 0. The Labute approximate surface area is 381 Å². The van der Waals surface area contributed by atoms with E-state index >= 15 is 0 Å². The number of hydrogen-bond donors (Lipinski definition) is 0. The SMILES string of the molecule is C=Cc1ccc(-c2cc(-c3ccc(C(C)(c4ccccc4)c4ccc(-c5cc(-c6ccc7ccccc7c6)nc(-c6ccccc6)n5)cc4)cc3)nc(-c3ccccc3)n2)cc1/C=C\C. The molecule has 10 aromatic rings. The molecule has 0 aliphatic heterocycles. The third kappa shape index (κ3) is 8.22. The van der Waals surface area contributed by atoms with E-state index in [2.05, 4.69) is 202 Å². The first-order valence-electron chi connectivity index (χ1n) is 22.0. The molecule has 0 N–H and O–H groups in total. The second kappa shape index (κ2) is 17.8. The number of rotatable bonds is 11. The van der Waals surface area contributed by atoms with E-state index in [1.807, 2.05) is 49.4 Å². The zero-order chi connectivity index (χ0) is 44.2. The van der Waals surface area contributed by atoms with Gasteiger partial charge in [-0.25, -0.2) is 19.9 Å². The van der Waals surface area contributed by atoms with E-state index in [0.717, 1.165) is 67.3 Å². The van der Waals surface area contributed by atoms with Crippen molar-refractivity contribution in [3.63, 3.8) is 0 Å². The minimum absolute atomic E-state index is 0.475. The molecule has 0 aliphatic rings. The molecule has 4 heteroatoms. The van der Waals surface area contributed by atoms with Crippen LogP contribution in [0.25, 0.3) is 90.7 Å². The maximum absolute atomic E-state index is 5.15. The standard InChI is InChI=1S/C61H46N4/c1-4-17-48-38-50(28-26-42(48)5-2)57-40-55(62-59(64-57)46-19-9-6-10-20-46)44-30-34-53(35-31-44)61(3,52-24-13-8-14-25-52)54-36-32-45(33-37-54)56-41-58(65-60(63-56)47-21-11-7-12-22-47)51-29-27-43-18-15-16-23-49(43)39-51/h4-41H,2H2,1,3H3/b17-4-. The van der Waals surface area contributed by atoms with E-state index in [4.69, 9.17) is 19.9 Å². The van der Waals surface area contributed by atoms with Gasteiger partial charge < -0.3 is 0 Å². The highest BCUT2D eigenvalue weighted by molar-refractivity contribution is 5.87. The Morgan fingerprint density at radius 3 is 1.29 bits per heavy atom. The van der Waals surface area contributed by atoms with Gasteiger partial charge in [0.05, 0.1) is 22.8 Å². The van der Waals surface area contributed by atoms with Crippen LogP contribution < -0.4 is 0 Å². The van der Waals surface area contributed by atoms with Gasteiger partial charge in [0.1, 0.15) is 0 Å². The summed E-state index contributed by atoms with van der Waals surface area (Å²) in [5.41, 5.74) is 14.7. The molecule has 0 radical (unpaired) electrons. The first-order valence-corrected chi connectivity index (χ1v) is 22.0. The minimum Gasteiger partial charge on any atom is -0.228 e. The number of nitrogens with zero attached hydrogens (tertiary/aromatic N) is 4. The fourth-order valence-corrected chi connectivity index (χ4v) is 8.73. The van der Waals surface area contributed by atoms with Crippen molar-refractivity contribution in [2.24, 2.45) is 0 Å². The molecule has 4 nitrogen and oxygen atoms in total. The van der Waals surface area contributed by atoms with Crippen molar-refractivity contribution in [2.45, 2.75) is 19.3 Å². The molecule has 0 amide bonds. The molecule has 0 bridgehead atoms. The van der Waals surface area contributed by atoms with Crippen LogP contribution in [-0.2, 0) is 5.41 Å². The van der Waals surface area contributed by atoms with Crippen LogP contribution in [0.4, 0.5) is 0 Å². The summed E-state index contributed by atoms with van der Waals surface area (Å²) in [5.74, 6) is 1.38. The monoisotopic (exact) mass is 834 g/mol. The summed E-state index contributed by atoms with van der Waals surface area (Å²) in [7, 11) is 0. The molecule has 8 aromatic carbocycles. The average Bonchev–Trinajstić information content (AvgIpc) is 3.39. The third-order valence-electron chi connectivity index (χ3n) is 12.4. The zero-order valence-electron chi connectivity index (χ0n) is 36.4. The Balaban J connectivity index is 1.04. The molecule has 0 saturated carbocycles. The van der Waals surface area contributed by atoms with Gasteiger partial charge in [-0.1, -0.05) is 213 Å². The van der Waals surface area contributed by atoms with Crippen molar-refractivity contribution in [1.29, 1.82) is 0 Å². The molecule has 65 heavy (non-hydrogen) atoms. The Kier molecular flexibility index (Phi) is 11.1. The topological polar surface area (TPSA) is 51.6 Å². The van der Waals surface area contributed by atoms with Crippen molar-refractivity contribution < 1.29 is 0 Å². The highest BCUT2D eigenvalue weighted by atomic mass is 14.9. The fraction of sp³-hybridized carbons (Fsp3) is 0.0492. The zero-order valence-corrected chi connectivity index (χ0v) is 36.4. The van der Waals surface area contributed by atoms with E-state index in [9.17, 15) is 0 Å². The van der Waals surface area contributed by atoms with Gasteiger partial charge in [-0.15, -0.1) is 0 Å². The molecule has 0 aliphatic carbocycles. The van der Waals surface area contributed by atoms with Crippen LogP contribution in [0.5, 0.6) is 0 Å². The predicted octanol–water partition coefficient (Wildman–Crippen LogP) is 15.5. The quantitative estimate of drug-likeness (QED) is 0.122. The molecule has 0 saturated heterocycles. The summed E-state index contributed by atoms with van der Waals surface area (Å²) < 4.78 is 0.